The first kappa shape index (κ1) is 35.6. The van der Waals surface area contributed by atoms with E-state index in [1.165, 1.54) is 167 Å². The number of ketones is 1. The van der Waals surface area contributed by atoms with Crippen LogP contribution >= 0.6 is 0 Å². The van der Waals surface area contributed by atoms with Gasteiger partial charge >= 0.3 is 0 Å². The van der Waals surface area contributed by atoms with Crippen molar-refractivity contribution in [2.24, 2.45) is 0 Å². The van der Waals surface area contributed by atoms with Crippen LogP contribution in [-0.4, -0.2) is 17.5 Å². The van der Waals surface area contributed by atoms with Gasteiger partial charge in [-0.05, 0) is 19.3 Å². The highest BCUT2D eigenvalue weighted by Gasteiger charge is 2.02. The largest absolute Gasteiger partial charge is 0.396 e. The van der Waals surface area contributed by atoms with Crippen molar-refractivity contribution in [2.75, 3.05) is 6.61 Å². The van der Waals surface area contributed by atoms with Gasteiger partial charge < -0.3 is 5.11 Å². The van der Waals surface area contributed by atoms with Crippen LogP contribution in [0, 0.1) is 0 Å². The normalized spacial score (nSPS) is 11.4. The predicted molar refractivity (Wildman–Crippen MR) is 161 cm³/mol. The molecule has 0 spiro atoms. The van der Waals surface area contributed by atoms with Gasteiger partial charge in [0.15, 0.2) is 0 Å². The third-order valence-corrected chi connectivity index (χ3v) is 7.92. The Balaban J connectivity index is 3.13. The molecule has 0 unspecified atom stereocenters. The summed E-state index contributed by atoms with van der Waals surface area (Å²) < 4.78 is 0. The zero-order valence-corrected chi connectivity index (χ0v) is 25.0. The Morgan fingerprint density at radius 1 is 0.361 bits per heavy atom. The summed E-state index contributed by atoms with van der Waals surface area (Å²) in [5.74, 6) is 0.517. The fourth-order valence-electron chi connectivity index (χ4n) is 5.37. The number of aliphatic hydroxyl groups excluding tert-OH is 1. The Morgan fingerprint density at radius 2 is 0.583 bits per heavy atom. The van der Waals surface area contributed by atoms with E-state index in [4.69, 9.17) is 5.11 Å². The molecule has 216 valence electrons. The molecule has 0 aliphatic rings. The topological polar surface area (TPSA) is 37.3 Å². The molecule has 0 saturated heterocycles. The summed E-state index contributed by atoms with van der Waals surface area (Å²) in [5, 5.41) is 8.77. The number of rotatable bonds is 32. The molecular weight excluding hydrogens is 440 g/mol. The molecule has 0 heterocycles. The minimum absolute atomic E-state index is 0.360. The molecule has 0 aliphatic carbocycles. The van der Waals surface area contributed by atoms with Crippen LogP contribution in [0.25, 0.3) is 0 Å². The van der Waals surface area contributed by atoms with Crippen molar-refractivity contribution in [3.63, 3.8) is 0 Å². The quantitative estimate of drug-likeness (QED) is 0.0917. The summed E-state index contributed by atoms with van der Waals surface area (Å²) in [6.07, 6.45) is 40.6. The molecule has 0 radical (unpaired) electrons. The molecule has 0 aromatic heterocycles. The molecule has 0 fully saturated rings. The van der Waals surface area contributed by atoms with Gasteiger partial charge in [0.25, 0.3) is 0 Å². The van der Waals surface area contributed by atoms with E-state index >= 15 is 0 Å². The molecular formula is C34H68O2. The number of carbonyl (C=O) groups excluding carboxylic acids is 1. The van der Waals surface area contributed by atoms with Crippen LogP contribution in [0.4, 0.5) is 0 Å². The van der Waals surface area contributed by atoms with Crippen molar-refractivity contribution in [3.8, 4) is 0 Å². The molecule has 2 heteroatoms. The number of aliphatic hydroxyl groups is 1. The van der Waals surface area contributed by atoms with E-state index in [0.717, 1.165) is 32.1 Å². The molecule has 0 amide bonds. The van der Waals surface area contributed by atoms with Gasteiger partial charge in [-0.1, -0.05) is 174 Å². The highest BCUT2D eigenvalue weighted by Crippen LogP contribution is 2.16. The van der Waals surface area contributed by atoms with Crippen LogP contribution in [0.5, 0.6) is 0 Å². The Hall–Kier alpha value is -0.370. The highest BCUT2D eigenvalue weighted by molar-refractivity contribution is 5.78. The van der Waals surface area contributed by atoms with Gasteiger partial charge in [-0.15, -0.1) is 0 Å². The van der Waals surface area contributed by atoms with Gasteiger partial charge in [0.05, 0.1) is 0 Å². The number of unbranched alkanes of at least 4 members (excludes halogenated alkanes) is 27. The van der Waals surface area contributed by atoms with Crippen molar-refractivity contribution < 1.29 is 9.90 Å². The highest BCUT2D eigenvalue weighted by atomic mass is 16.2. The average molecular weight is 509 g/mol. The summed E-state index contributed by atoms with van der Waals surface area (Å²) in [4.78, 5) is 12.1. The average Bonchev–Trinajstić information content (AvgIpc) is 2.88. The van der Waals surface area contributed by atoms with Crippen LogP contribution < -0.4 is 0 Å². The summed E-state index contributed by atoms with van der Waals surface area (Å²) in [5.41, 5.74) is 0. The molecule has 1 N–H and O–H groups in total. The van der Waals surface area contributed by atoms with E-state index in [1.807, 2.05) is 0 Å². The first-order valence-corrected chi connectivity index (χ1v) is 16.9. The van der Waals surface area contributed by atoms with E-state index in [0.29, 0.717) is 12.4 Å². The SMILES string of the molecule is CCCCCCCCCCCCCCCC(=O)CCCCCCCCCCCCCCCCCCO. The molecule has 36 heavy (non-hydrogen) atoms. The van der Waals surface area contributed by atoms with Crippen LogP contribution in [0.2, 0.25) is 0 Å². The molecule has 0 aromatic rings. The maximum absolute atomic E-state index is 12.1. The van der Waals surface area contributed by atoms with E-state index in [1.54, 1.807) is 0 Å². The number of carbonyl (C=O) groups is 1. The lowest BCUT2D eigenvalue weighted by molar-refractivity contribution is -0.119. The second-order valence-electron chi connectivity index (χ2n) is 11.7. The zero-order chi connectivity index (χ0) is 26.2. The molecule has 0 atom stereocenters. The summed E-state index contributed by atoms with van der Waals surface area (Å²) in [6.45, 7) is 2.65. The first-order valence-electron chi connectivity index (χ1n) is 16.9. The molecule has 2 nitrogen and oxygen atoms in total. The van der Waals surface area contributed by atoms with E-state index in [-0.39, 0.29) is 0 Å². The fraction of sp³-hybridized carbons (Fsp3) is 0.971. The summed E-state index contributed by atoms with van der Waals surface area (Å²) >= 11 is 0. The lowest BCUT2D eigenvalue weighted by Crippen LogP contribution is -1.97. The zero-order valence-electron chi connectivity index (χ0n) is 25.0. The number of hydrogen-bond acceptors (Lipinski definition) is 2. The second kappa shape index (κ2) is 32.7. The third-order valence-electron chi connectivity index (χ3n) is 7.92. The molecule has 0 aliphatic heterocycles. The Bertz CT molecular complexity index is 406. The maximum Gasteiger partial charge on any atom is 0.132 e. The van der Waals surface area contributed by atoms with Crippen molar-refractivity contribution in [2.45, 2.75) is 206 Å². The van der Waals surface area contributed by atoms with Crippen LogP contribution in [0.15, 0.2) is 0 Å². The first-order chi connectivity index (χ1) is 17.8. The van der Waals surface area contributed by atoms with E-state index in [2.05, 4.69) is 6.92 Å². The van der Waals surface area contributed by atoms with E-state index in [9.17, 15) is 4.79 Å². The Kier molecular flexibility index (Phi) is 32.3. The lowest BCUT2D eigenvalue weighted by atomic mass is 10.0. The van der Waals surface area contributed by atoms with Gasteiger partial charge in [-0.2, -0.15) is 0 Å². The molecule has 0 rings (SSSR count). The third kappa shape index (κ3) is 31.7. The Labute approximate surface area is 228 Å². The summed E-state index contributed by atoms with van der Waals surface area (Å²) in [7, 11) is 0. The van der Waals surface area contributed by atoms with Crippen LogP contribution in [0.1, 0.15) is 206 Å². The van der Waals surface area contributed by atoms with Crippen molar-refractivity contribution in [1.82, 2.24) is 0 Å². The monoisotopic (exact) mass is 509 g/mol. The number of hydrogen-bond donors (Lipinski definition) is 1. The van der Waals surface area contributed by atoms with Crippen molar-refractivity contribution >= 4 is 5.78 Å². The van der Waals surface area contributed by atoms with Crippen LogP contribution in [-0.2, 0) is 4.79 Å². The van der Waals surface area contributed by atoms with Gasteiger partial charge in [0, 0.05) is 19.4 Å². The standard InChI is InChI=1S/C34H68O2/c1-2-3-4-5-6-7-8-13-16-19-22-25-28-31-34(36)32-29-26-23-20-17-14-11-9-10-12-15-18-21-24-27-30-33-35/h35H,2-33H2,1H3. The fourth-order valence-corrected chi connectivity index (χ4v) is 5.37. The van der Waals surface area contributed by atoms with E-state index < -0.39 is 0 Å². The van der Waals surface area contributed by atoms with Gasteiger partial charge in [-0.3, -0.25) is 4.79 Å². The smallest absolute Gasteiger partial charge is 0.132 e. The van der Waals surface area contributed by atoms with Gasteiger partial charge in [0.1, 0.15) is 5.78 Å². The minimum Gasteiger partial charge on any atom is -0.396 e. The molecule has 0 bridgehead atoms. The maximum atomic E-state index is 12.1. The van der Waals surface area contributed by atoms with Crippen LogP contribution in [0.3, 0.4) is 0 Å². The van der Waals surface area contributed by atoms with Crippen molar-refractivity contribution in [3.05, 3.63) is 0 Å². The molecule has 0 aromatic carbocycles. The Morgan fingerprint density at radius 3 is 0.833 bits per heavy atom. The predicted octanol–water partition coefficient (Wildman–Crippen LogP) is 11.7. The summed E-state index contributed by atoms with van der Waals surface area (Å²) in [6, 6.07) is 0. The van der Waals surface area contributed by atoms with Gasteiger partial charge in [-0.25, -0.2) is 0 Å². The van der Waals surface area contributed by atoms with Gasteiger partial charge in [0.2, 0.25) is 0 Å². The minimum atomic E-state index is 0.360. The van der Waals surface area contributed by atoms with Crippen molar-refractivity contribution in [1.29, 1.82) is 0 Å². The lowest BCUT2D eigenvalue weighted by Gasteiger charge is -2.04. The number of Topliss-reactive ketones (excluding diaryl/α,β-unsaturated/α-hetero) is 1. The molecule has 0 saturated carbocycles. The second-order valence-corrected chi connectivity index (χ2v) is 11.7.